The number of benzene rings is 1. The highest BCUT2D eigenvalue weighted by atomic mass is 35.5. The summed E-state index contributed by atoms with van der Waals surface area (Å²) in [6, 6.07) is 7.12. The van der Waals surface area contributed by atoms with Crippen molar-refractivity contribution in [2.24, 2.45) is 5.73 Å². The van der Waals surface area contributed by atoms with E-state index in [1.54, 1.807) is 35.1 Å². The molecule has 2 N–H and O–H groups in total. The molecule has 0 saturated carbocycles. The van der Waals surface area contributed by atoms with Crippen molar-refractivity contribution in [3.05, 3.63) is 47.2 Å². The summed E-state index contributed by atoms with van der Waals surface area (Å²) < 4.78 is 1.57. The maximum Gasteiger partial charge on any atom is 0.251 e. The van der Waals surface area contributed by atoms with Crippen LogP contribution in [0.5, 0.6) is 0 Å². The van der Waals surface area contributed by atoms with E-state index < -0.39 is 5.91 Å². The predicted octanol–water partition coefficient (Wildman–Crippen LogP) is 1.62. The summed E-state index contributed by atoms with van der Waals surface area (Å²) in [4.78, 5) is 10.8. The zero-order valence-corrected chi connectivity index (χ0v) is 8.48. The summed E-state index contributed by atoms with van der Waals surface area (Å²) in [5.74, 6) is -0.491. The fourth-order valence-corrected chi connectivity index (χ4v) is 1.31. The van der Waals surface area contributed by atoms with Gasteiger partial charge in [0.1, 0.15) is 0 Å². The summed E-state index contributed by atoms with van der Waals surface area (Å²) in [6.07, 6.45) is 3.00. The van der Waals surface area contributed by atoms with Crippen LogP contribution in [0.15, 0.2) is 36.7 Å². The summed E-state index contributed by atoms with van der Waals surface area (Å²) >= 11 is 5.75. The van der Waals surface area contributed by atoms with Crippen molar-refractivity contribution < 1.29 is 4.79 Å². The summed E-state index contributed by atoms with van der Waals surface area (Å²) in [5.41, 5.74) is 6.32. The van der Waals surface area contributed by atoms with Gasteiger partial charge in [-0.05, 0) is 24.3 Å². The van der Waals surface area contributed by atoms with Gasteiger partial charge < -0.3 is 5.73 Å². The lowest BCUT2D eigenvalue weighted by molar-refractivity contribution is 0.100. The lowest BCUT2D eigenvalue weighted by Crippen LogP contribution is -2.09. The smallest absolute Gasteiger partial charge is 0.251 e. The topological polar surface area (TPSA) is 60.9 Å². The zero-order valence-electron chi connectivity index (χ0n) is 7.72. The van der Waals surface area contributed by atoms with E-state index in [0.717, 1.165) is 5.69 Å². The Hall–Kier alpha value is -1.81. The first-order chi connectivity index (χ1) is 7.16. The molecule has 0 aliphatic rings. The maximum absolute atomic E-state index is 10.8. The summed E-state index contributed by atoms with van der Waals surface area (Å²) in [5, 5.41) is 4.66. The number of rotatable bonds is 2. The van der Waals surface area contributed by atoms with Gasteiger partial charge in [-0.2, -0.15) is 5.10 Å². The Balaban J connectivity index is 2.37. The van der Waals surface area contributed by atoms with Crippen LogP contribution in [0.25, 0.3) is 5.69 Å². The van der Waals surface area contributed by atoms with E-state index in [-0.39, 0.29) is 0 Å². The average Bonchev–Trinajstić information content (AvgIpc) is 2.68. The van der Waals surface area contributed by atoms with Crippen LogP contribution < -0.4 is 5.73 Å². The second-order valence-electron chi connectivity index (χ2n) is 3.01. The molecule has 0 atom stereocenters. The van der Waals surface area contributed by atoms with Gasteiger partial charge in [0, 0.05) is 11.2 Å². The molecular weight excluding hydrogens is 214 g/mol. The Morgan fingerprint density at radius 3 is 2.53 bits per heavy atom. The minimum Gasteiger partial charge on any atom is -0.366 e. The number of aromatic nitrogens is 2. The monoisotopic (exact) mass is 221 g/mol. The minimum atomic E-state index is -0.491. The molecule has 0 aliphatic heterocycles. The summed E-state index contributed by atoms with van der Waals surface area (Å²) in [7, 11) is 0. The van der Waals surface area contributed by atoms with Gasteiger partial charge in [-0.15, -0.1) is 0 Å². The molecule has 0 bridgehead atoms. The minimum absolute atomic E-state index is 0.380. The molecular formula is C10H8ClN3O. The van der Waals surface area contributed by atoms with Crippen molar-refractivity contribution in [3.8, 4) is 5.69 Å². The molecule has 76 valence electrons. The predicted molar refractivity (Wildman–Crippen MR) is 57.1 cm³/mol. The van der Waals surface area contributed by atoms with Crippen LogP contribution in [0.2, 0.25) is 5.02 Å². The second-order valence-corrected chi connectivity index (χ2v) is 3.45. The number of nitrogens with two attached hydrogens (primary N) is 1. The van der Waals surface area contributed by atoms with E-state index in [1.807, 2.05) is 0 Å². The van der Waals surface area contributed by atoms with E-state index in [1.165, 1.54) is 6.20 Å². The molecule has 2 aromatic rings. The van der Waals surface area contributed by atoms with Crippen molar-refractivity contribution in [2.45, 2.75) is 0 Å². The van der Waals surface area contributed by atoms with Crippen LogP contribution in [0.4, 0.5) is 0 Å². The van der Waals surface area contributed by atoms with Gasteiger partial charge in [0.15, 0.2) is 0 Å². The van der Waals surface area contributed by atoms with E-state index in [0.29, 0.717) is 10.6 Å². The lowest BCUT2D eigenvalue weighted by atomic mass is 10.3. The van der Waals surface area contributed by atoms with Gasteiger partial charge in [0.25, 0.3) is 5.91 Å². The molecule has 2 rings (SSSR count). The maximum atomic E-state index is 10.8. The molecule has 5 heteroatoms. The first-order valence-electron chi connectivity index (χ1n) is 4.27. The summed E-state index contributed by atoms with van der Waals surface area (Å²) in [6.45, 7) is 0. The molecule has 1 heterocycles. The molecule has 0 radical (unpaired) electrons. The van der Waals surface area contributed by atoms with E-state index in [9.17, 15) is 4.79 Å². The first-order valence-corrected chi connectivity index (χ1v) is 4.65. The molecule has 0 saturated heterocycles. The third-order valence-corrected chi connectivity index (χ3v) is 2.21. The molecule has 0 aliphatic carbocycles. The fourth-order valence-electron chi connectivity index (χ4n) is 1.19. The third kappa shape index (κ3) is 1.99. The van der Waals surface area contributed by atoms with E-state index in [2.05, 4.69) is 5.10 Å². The SMILES string of the molecule is NC(=O)c1cnn(-c2ccc(Cl)cc2)c1. The quantitative estimate of drug-likeness (QED) is 0.838. The van der Waals surface area contributed by atoms with Gasteiger partial charge in [0.05, 0.1) is 17.4 Å². The number of primary amides is 1. The number of hydrogen-bond acceptors (Lipinski definition) is 2. The van der Waals surface area contributed by atoms with E-state index >= 15 is 0 Å². The number of halogens is 1. The first kappa shape index (κ1) is 9.73. The van der Waals surface area contributed by atoms with Crippen LogP contribution in [-0.2, 0) is 0 Å². The normalized spacial score (nSPS) is 10.2. The third-order valence-electron chi connectivity index (χ3n) is 1.96. The van der Waals surface area contributed by atoms with Crippen molar-refractivity contribution in [1.82, 2.24) is 9.78 Å². The molecule has 4 nitrogen and oxygen atoms in total. The molecule has 15 heavy (non-hydrogen) atoms. The van der Waals surface area contributed by atoms with Crippen LogP contribution in [0, 0.1) is 0 Å². The Morgan fingerprint density at radius 1 is 1.33 bits per heavy atom. The highest BCUT2D eigenvalue weighted by Crippen LogP contribution is 2.13. The highest BCUT2D eigenvalue weighted by molar-refractivity contribution is 6.30. The van der Waals surface area contributed by atoms with Crippen molar-refractivity contribution >= 4 is 17.5 Å². The number of amides is 1. The fraction of sp³-hybridized carbons (Fsp3) is 0. The van der Waals surface area contributed by atoms with Crippen LogP contribution >= 0.6 is 11.6 Å². The molecule has 0 fully saturated rings. The van der Waals surface area contributed by atoms with Crippen molar-refractivity contribution in [1.29, 1.82) is 0 Å². The largest absolute Gasteiger partial charge is 0.366 e. The van der Waals surface area contributed by atoms with Crippen LogP contribution in [0.3, 0.4) is 0 Å². The lowest BCUT2D eigenvalue weighted by Gasteiger charge is -1.99. The van der Waals surface area contributed by atoms with Gasteiger partial charge in [0.2, 0.25) is 0 Å². The Kier molecular flexibility index (Phi) is 2.43. The van der Waals surface area contributed by atoms with E-state index in [4.69, 9.17) is 17.3 Å². The Labute approximate surface area is 91.3 Å². The molecule has 1 amide bonds. The Morgan fingerprint density at radius 2 is 2.00 bits per heavy atom. The zero-order chi connectivity index (χ0) is 10.8. The van der Waals surface area contributed by atoms with Gasteiger partial charge in [-0.25, -0.2) is 4.68 Å². The van der Waals surface area contributed by atoms with Crippen molar-refractivity contribution in [3.63, 3.8) is 0 Å². The Bertz CT molecular complexity index is 490. The number of carbonyl (C=O) groups excluding carboxylic acids is 1. The standard InChI is InChI=1S/C10H8ClN3O/c11-8-1-3-9(4-2-8)14-6-7(5-13-14)10(12)15/h1-6H,(H2,12,15). The molecule has 0 spiro atoms. The van der Waals surface area contributed by atoms with Gasteiger partial charge >= 0.3 is 0 Å². The number of hydrogen-bond donors (Lipinski definition) is 1. The number of carbonyl (C=O) groups is 1. The molecule has 0 unspecified atom stereocenters. The number of nitrogens with zero attached hydrogens (tertiary/aromatic N) is 2. The van der Waals surface area contributed by atoms with Gasteiger partial charge in [-0.3, -0.25) is 4.79 Å². The van der Waals surface area contributed by atoms with Gasteiger partial charge in [-0.1, -0.05) is 11.6 Å². The molecule has 1 aromatic heterocycles. The second kappa shape index (κ2) is 3.74. The molecule has 1 aromatic carbocycles. The highest BCUT2D eigenvalue weighted by Gasteiger charge is 2.04. The van der Waals surface area contributed by atoms with Crippen LogP contribution in [0.1, 0.15) is 10.4 Å². The average molecular weight is 222 g/mol. The van der Waals surface area contributed by atoms with Crippen LogP contribution in [-0.4, -0.2) is 15.7 Å². The van der Waals surface area contributed by atoms with Crippen molar-refractivity contribution in [2.75, 3.05) is 0 Å².